The van der Waals surface area contributed by atoms with Gasteiger partial charge in [-0.1, -0.05) is 30.2 Å². The maximum Gasteiger partial charge on any atom is 0.123 e. The van der Waals surface area contributed by atoms with Crippen LogP contribution in [0.4, 0.5) is 4.39 Å². The highest BCUT2D eigenvalue weighted by atomic mass is 19.1. The Morgan fingerprint density at radius 3 is 2.58 bits per heavy atom. The second-order valence-corrected chi connectivity index (χ2v) is 5.08. The summed E-state index contributed by atoms with van der Waals surface area (Å²) >= 11 is 0. The quantitative estimate of drug-likeness (QED) is 0.591. The fourth-order valence-electron chi connectivity index (χ4n) is 2.45. The summed E-state index contributed by atoms with van der Waals surface area (Å²) in [6.07, 6.45) is 13.1. The lowest BCUT2D eigenvalue weighted by Crippen LogP contribution is -2.33. The summed E-state index contributed by atoms with van der Waals surface area (Å²) in [5.41, 5.74) is 1.16. The smallest absolute Gasteiger partial charge is 0.123 e. The van der Waals surface area contributed by atoms with Crippen LogP contribution in [0.25, 0.3) is 0 Å². The Bertz CT molecular complexity index is 447. The van der Waals surface area contributed by atoms with Gasteiger partial charge in [0.15, 0.2) is 0 Å². The summed E-state index contributed by atoms with van der Waals surface area (Å²) in [5, 5.41) is 0. The minimum atomic E-state index is -0.173. The fraction of sp³-hybridized carbons (Fsp3) is 0.412. The third-order valence-electron chi connectivity index (χ3n) is 3.62. The van der Waals surface area contributed by atoms with Crippen molar-refractivity contribution < 1.29 is 4.39 Å². The minimum absolute atomic E-state index is 0.173. The van der Waals surface area contributed by atoms with Gasteiger partial charge in [0.2, 0.25) is 0 Å². The van der Waals surface area contributed by atoms with E-state index in [4.69, 9.17) is 6.42 Å². The molecule has 0 aromatic heterocycles. The molecule has 1 aromatic rings. The molecule has 0 unspecified atom stereocenters. The number of terminal acetylenes is 1. The first-order valence-electron chi connectivity index (χ1n) is 6.85. The number of rotatable bonds is 4. The summed E-state index contributed by atoms with van der Waals surface area (Å²) in [4.78, 5) is 2.32. The van der Waals surface area contributed by atoms with Gasteiger partial charge in [0.25, 0.3) is 0 Å². The molecule has 2 rings (SSSR count). The summed E-state index contributed by atoms with van der Waals surface area (Å²) < 4.78 is 12.8. The maximum atomic E-state index is 12.8. The van der Waals surface area contributed by atoms with E-state index in [9.17, 15) is 4.39 Å². The molecular weight excluding hydrogens is 237 g/mol. The predicted molar refractivity (Wildman–Crippen MR) is 77.2 cm³/mol. The van der Waals surface area contributed by atoms with Gasteiger partial charge in [-0.15, -0.1) is 6.42 Å². The van der Waals surface area contributed by atoms with E-state index in [-0.39, 0.29) is 5.82 Å². The molecule has 1 saturated heterocycles. The minimum Gasteiger partial charge on any atom is -0.292 e. The number of halogens is 1. The first kappa shape index (κ1) is 13.8. The topological polar surface area (TPSA) is 3.24 Å². The van der Waals surface area contributed by atoms with Gasteiger partial charge < -0.3 is 0 Å². The Kier molecular flexibility index (Phi) is 5.18. The summed E-state index contributed by atoms with van der Waals surface area (Å²) in [7, 11) is 0. The van der Waals surface area contributed by atoms with E-state index in [2.05, 4.69) is 23.0 Å². The van der Waals surface area contributed by atoms with Crippen LogP contribution in [0.3, 0.4) is 0 Å². The second-order valence-electron chi connectivity index (χ2n) is 5.08. The third-order valence-corrected chi connectivity index (χ3v) is 3.62. The average molecular weight is 257 g/mol. The van der Waals surface area contributed by atoms with Crippen molar-refractivity contribution in [1.82, 2.24) is 4.90 Å². The molecule has 1 heterocycles. The van der Waals surface area contributed by atoms with E-state index >= 15 is 0 Å². The van der Waals surface area contributed by atoms with Crippen LogP contribution in [0.1, 0.15) is 18.4 Å². The normalized spacial score (nSPS) is 17.7. The number of allylic oxidation sites excluding steroid dienone is 2. The van der Waals surface area contributed by atoms with Crippen LogP contribution < -0.4 is 0 Å². The molecule has 2 heteroatoms. The van der Waals surface area contributed by atoms with Crippen molar-refractivity contribution in [3.63, 3.8) is 0 Å². The molecule has 0 spiro atoms. The molecule has 1 aliphatic rings. The first-order valence-corrected chi connectivity index (χ1v) is 6.85. The SMILES string of the molecule is C#CCN1CCC(/C=C/Cc2ccc(F)cc2)CC1. The van der Waals surface area contributed by atoms with Crippen molar-refractivity contribution in [2.24, 2.45) is 5.92 Å². The number of benzene rings is 1. The molecule has 1 aliphatic heterocycles. The van der Waals surface area contributed by atoms with Crippen LogP contribution in [0.15, 0.2) is 36.4 Å². The van der Waals surface area contributed by atoms with Crippen molar-refractivity contribution in [3.8, 4) is 12.3 Å². The summed E-state index contributed by atoms with van der Waals surface area (Å²) in [5.74, 6) is 3.19. The third kappa shape index (κ3) is 4.54. The van der Waals surface area contributed by atoms with Crippen molar-refractivity contribution in [2.75, 3.05) is 19.6 Å². The van der Waals surface area contributed by atoms with Gasteiger partial charge in [-0.2, -0.15) is 0 Å². The van der Waals surface area contributed by atoms with Crippen LogP contribution in [0.5, 0.6) is 0 Å². The maximum absolute atomic E-state index is 12.8. The number of nitrogens with zero attached hydrogens (tertiary/aromatic N) is 1. The van der Waals surface area contributed by atoms with Crippen LogP contribution in [0, 0.1) is 24.1 Å². The van der Waals surface area contributed by atoms with E-state index in [1.54, 1.807) is 0 Å². The zero-order valence-electron chi connectivity index (χ0n) is 11.2. The number of piperidine rings is 1. The van der Waals surface area contributed by atoms with Crippen molar-refractivity contribution in [2.45, 2.75) is 19.3 Å². The molecule has 0 atom stereocenters. The number of hydrogen-bond acceptors (Lipinski definition) is 1. The van der Waals surface area contributed by atoms with Gasteiger partial charge in [-0.05, 0) is 56.0 Å². The summed E-state index contributed by atoms with van der Waals surface area (Å²) in [6.45, 7) is 2.96. The lowest BCUT2D eigenvalue weighted by atomic mass is 9.95. The van der Waals surface area contributed by atoms with E-state index in [1.165, 1.54) is 25.0 Å². The number of hydrogen-bond donors (Lipinski definition) is 0. The van der Waals surface area contributed by atoms with Gasteiger partial charge in [-0.25, -0.2) is 4.39 Å². The number of likely N-dealkylation sites (tertiary alicyclic amines) is 1. The molecule has 0 radical (unpaired) electrons. The molecule has 1 nitrogen and oxygen atoms in total. The molecular formula is C17H20FN. The zero-order valence-corrected chi connectivity index (χ0v) is 11.2. The Labute approximate surface area is 115 Å². The van der Waals surface area contributed by atoms with Gasteiger partial charge in [0.05, 0.1) is 6.54 Å². The highest BCUT2D eigenvalue weighted by molar-refractivity contribution is 5.18. The second kappa shape index (κ2) is 7.11. The first-order chi connectivity index (χ1) is 9.28. The Morgan fingerprint density at radius 2 is 1.95 bits per heavy atom. The molecule has 0 amide bonds. The zero-order chi connectivity index (χ0) is 13.5. The van der Waals surface area contributed by atoms with Gasteiger partial charge in [0, 0.05) is 0 Å². The van der Waals surface area contributed by atoms with Gasteiger partial charge in [-0.3, -0.25) is 4.90 Å². The van der Waals surface area contributed by atoms with Crippen LogP contribution in [-0.2, 0) is 6.42 Å². The van der Waals surface area contributed by atoms with Crippen LogP contribution in [0.2, 0.25) is 0 Å². The fourth-order valence-corrected chi connectivity index (χ4v) is 2.45. The van der Waals surface area contributed by atoms with Crippen molar-refractivity contribution in [1.29, 1.82) is 0 Å². The van der Waals surface area contributed by atoms with E-state index in [1.807, 2.05) is 12.1 Å². The highest BCUT2D eigenvalue weighted by Crippen LogP contribution is 2.18. The molecule has 0 saturated carbocycles. The van der Waals surface area contributed by atoms with E-state index in [0.29, 0.717) is 5.92 Å². The molecule has 1 fully saturated rings. The Morgan fingerprint density at radius 1 is 1.26 bits per heavy atom. The molecule has 1 aromatic carbocycles. The van der Waals surface area contributed by atoms with Gasteiger partial charge >= 0.3 is 0 Å². The largest absolute Gasteiger partial charge is 0.292 e. The Balaban J connectivity index is 1.75. The lowest BCUT2D eigenvalue weighted by Gasteiger charge is -2.28. The van der Waals surface area contributed by atoms with Crippen LogP contribution in [-0.4, -0.2) is 24.5 Å². The molecule has 19 heavy (non-hydrogen) atoms. The standard InChI is InChI=1S/C17H20FN/c1-2-12-19-13-10-16(11-14-19)5-3-4-15-6-8-17(18)9-7-15/h1,3,5-9,16H,4,10-14H2/b5-3+. The van der Waals surface area contributed by atoms with E-state index < -0.39 is 0 Å². The highest BCUT2D eigenvalue weighted by Gasteiger charge is 2.15. The lowest BCUT2D eigenvalue weighted by molar-refractivity contribution is 0.225. The molecule has 0 N–H and O–H groups in total. The monoisotopic (exact) mass is 257 g/mol. The average Bonchev–Trinajstić information content (AvgIpc) is 2.43. The molecule has 0 bridgehead atoms. The predicted octanol–water partition coefficient (Wildman–Crippen LogP) is 3.27. The molecule has 0 aliphatic carbocycles. The van der Waals surface area contributed by atoms with Crippen molar-refractivity contribution in [3.05, 3.63) is 47.8 Å². The molecule has 100 valence electrons. The van der Waals surface area contributed by atoms with Crippen molar-refractivity contribution >= 4 is 0 Å². The van der Waals surface area contributed by atoms with E-state index in [0.717, 1.165) is 31.6 Å². The van der Waals surface area contributed by atoms with Crippen LogP contribution >= 0.6 is 0 Å². The summed E-state index contributed by atoms with van der Waals surface area (Å²) in [6, 6.07) is 6.72. The van der Waals surface area contributed by atoms with Gasteiger partial charge in [0.1, 0.15) is 5.82 Å². The Hall–Kier alpha value is -1.59.